The van der Waals surface area contributed by atoms with Crippen molar-refractivity contribution in [1.29, 1.82) is 0 Å². The van der Waals surface area contributed by atoms with E-state index in [1.54, 1.807) is 0 Å². The van der Waals surface area contributed by atoms with Crippen LogP contribution in [-0.2, 0) is 0 Å². The standard InChI is InChI=1S/C9H16N2S/c1-4-5-7(2)11-8(3)6-10-9(11)12/h6-7H,4-5H2,1-3H3,(H,10,12). The number of nitrogens with one attached hydrogen (secondary N) is 1. The summed E-state index contributed by atoms with van der Waals surface area (Å²) >= 11 is 5.17. The smallest absolute Gasteiger partial charge is 0.177 e. The molecule has 1 unspecified atom stereocenters. The van der Waals surface area contributed by atoms with E-state index in [2.05, 4.69) is 30.3 Å². The van der Waals surface area contributed by atoms with Gasteiger partial charge in [-0.15, -0.1) is 0 Å². The van der Waals surface area contributed by atoms with Gasteiger partial charge >= 0.3 is 0 Å². The van der Waals surface area contributed by atoms with Gasteiger partial charge in [-0.25, -0.2) is 0 Å². The first-order valence-electron chi connectivity index (χ1n) is 4.43. The first-order valence-corrected chi connectivity index (χ1v) is 4.84. The first-order chi connectivity index (χ1) is 5.66. The van der Waals surface area contributed by atoms with E-state index in [-0.39, 0.29) is 0 Å². The van der Waals surface area contributed by atoms with E-state index in [1.807, 2.05) is 6.20 Å². The molecule has 0 spiro atoms. The van der Waals surface area contributed by atoms with Crippen molar-refractivity contribution in [2.75, 3.05) is 0 Å². The molecule has 1 heterocycles. The van der Waals surface area contributed by atoms with Crippen LogP contribution < -0.4 is 0 Å². The van der Waals surface area contributed by atoms with Crippen molar-refractivity contribution in [3.8, 4) is 0 Å². The van der Waals surface area contributed by atoms with Crippen LogP contribution in [0.4, 0.5) is 0 Å². The Morgan fingerprint density at radius 3 is 2.75 bits per heavy atom. The number of aromatic amines is 1. The van der Waals surface area contributed by atoms with Crippen LogP contribution in [0.15, 0.2) is 6.20 Å². The molecule has 68 valence electrons. The molecule has 12 heavy (non-hydrogen) atoms. The fourth-order valence-electron chi connectivity index (χ4n) is 1.56. The highest BCUT2D eigenvalue weighted by Crippen LogP contribution is 2.15. The quantitative estimate of drug-likeness (QED) is 0.715. The zero-order valence-electron chi connectivity index (χ0n) is 7.92. The van der Waals surface area contributed by atoms with Crippen molar-refractivity contribution in [3.63, 3.8) is 0 Å². The molecule has 0 saturated carbocycles. The fraction of sp³-hybridized carbons (Fsp3) is 0.667. The summed E-state index contributed by atoms with van der Waals surface area (Å²) in [6.07, 6.45) is 4.36. The molecule has 0 bridgehead atoms. The van der Waals surface area contributed by atoms with Crippen molar-refractivity contribution in [3.05, 3.63) is 16.7 Å². The third-order valence-electron chi connectivity index (χ3n) is 2.15. The molecule has 0 fully saturated rings. The summed E-state index contributed by atoms with van der Waals surface area (Å²) in [5.74, 6) is 0. The number of nitrogens with zero attached hydrogens (tertiary/aromatic N) is 1. The van der Waals surface area contributed by atoms with Crippen LogP contribution in [0, 0.1) is 11.7 Å². The lowest BCUT2D eigenvalue weighted by Gasteiger charge is -2.13. The van der Waals surface area contributed by atoms with Crippen LogP contribution >= 0.6 is 12.2 Å². The number of rotatable bonds is 3. The predicted octanol–water partition coefficient (Wildman–Crippen LogP) is 3.22. The van der Waals surface area contributed by atoms with Crippen LogP contribution in [0.1, 0.15) is 38.4 Å². The van der Waals surface area contributed by atoms with Crippen molar-refractivity contribution >= 4 is 12.2 Å². The zero-order chi connectivity index (χ0) is 9.14. The zero-order valence-corrected chi connectivity index (χ0v) is 8.74. The van der Waals surface area contributed by atoms with Gasteiger partial charge in [-0.3, -0.25) is 0 Å². The maximum atomic E-state index is 5.17. The largest absolute Gasteiger partial charge is 0.337 e. The summed E-state index contributed by atoms with van der Waals surface area (Å²) in [5.41, 5.74) is 1.22. The van der Waals surface area contributed by atoms with E-state index in [0.717, 1.165) is 4.77 Å². The summed E-state index contributed by atoms with van der Waals surface area (Å²) in [6, 6.07) is 0.522. The highest BCUT2D eigenvalue weighted by molar-refractivity contribution is 7.71. The first kappa shape index (κ1) is 9.52. The van der Waals surface area contributed by atoms with Crippen molar-refractivity contribution in [2.45, 2.75) is 39.7 Å². The average Bonchev–Trinajstić information content (AvgIpc) is 2.32. The highest BCUT2D eigenvalue weighted by Gasteiger charge is 2.06. The van der Waals surface area contributed by atoms with Gasteiger partial charge in [0, 0.05) is 17.9 Å². The van der Waals surface area contributed by atoms with E-state index in [4.69, 9.17) is 12.2 Å². The molecule has 0 aromatic carbocycles. The number of aromatic nitrogens is 2. The van der Waals surface area contributed by atoms with Crippen molar-refractivity contribution in [1.82, 2.24) is 9.55 Å². The second-order valence-corrected chi connectivity index (χ2v) is 3.63. The summed E-state index contributed by atoms with van der Waals surface area (Å²) < 4.78 is 3.02. The maximum absolute atomic E-state index is 5.17. The molecule has 1 atom stereocenters. The molecular weight excluding hydrogens is 168 g/mol. The molecule has 0 aliphatic rings. The Balaban J connectivity index is 2.93. The summed E-state index contributed by atoms with van der Waals surface area (Å²) in [7, 11) is 0. The Kier molecular flexibility index (Phi) is 3.09. The molecule has 0 aliphatic carbocycles. The van der Waals surface area contributed by atoms with Crippen molar-refractivity contribution in [2.24, 2.45) is 0 Å². The summed E-state index contributed by atoms with van der Waals surface area (Å²) in [4.78, 5) is 3.05. The number of hydrogen-bond acceptors (Lipinski definition) is 1. The molecule has 0 radical (unpaired) electrons. The van der Waals surface area contributed by atoms with Gasteiger partial charge in [-0.2, -0.15) is 0 Å². The van der Waals surface area contributed by atoms with E-state index >= 15 is 0 Å². The molecule has 1 N–H and O–H groups in total. The Labute approximate surface area is 78.6 Å². The molecule has 1 rings (SSSR count). The second-order valence-electron chi connectivity index (χ2n) is 3.24. The van der Waals surface area contributed by atoms with Gasteiger partial charge in [0.25, 0.3) is 0 Å². The molecular formula is C9H16N2S. The van der Waals surface area contributed by atoms with Gasteiger partial charge in [-0.1, -0.05) is 13.3 Å². The van der Waals surface area contributed by atoms with E-state index < -0.39 is 0 Å². The lowest BCUT2D eigenvalue weighted by atomic mass is 10.2. The SMILES string of the molecule is CCCC(C)n1c(C)c[nH]c1=S. The minimum absolute atomic E-state index is 0.522. The Morgan fingerprint density at radius 2 is 2.33 bits per heavy atom. The van der Waals surface area contributed by atoms with Crippen LogP contribution in [-0.4, -0.2) is 9.55 Å². The van der Waals surface area contributed by atoms with Crippen molar-refractivity contribution < 1.29 is 0 Å². The molecule has 2 nitrogen and oxygen atoms in total. The van der Waals surface area contributed by atoms with Gasteiger partial charge in [-0.05, 0) is 32.5 Å². The molecule has 1 aromatic heterocycles. The van der Waals surface area contributed by atoms with Gasteiger partial charge < -0.3 is 9.55 Å². The van der Waals surface area contributed by atoms with Gasteiger partial charge in [0.2, 0.25) is 0 Å². The summed E-state index contributed by atoms with van der Waals surface area (Å²) in [5, 5.41) is 0. The van der Waals surface area contributed by atoms with Gasteiger partial charge in [0.05, 0.1) is 0 Å². The van der Waals surface area contributed by atoms with E-state index in [0.29, 0.717) is 6.04 Å². The van der Waals surface area contributed by atoms with Crippen LogP contribution in [0.25, 0.3) is 0 Å². The lowest BCUT2D eigenvalue weighted by Crippen LogP contribution is -2.06. The third-order valence-corrected chi connectivity index (χ3v) is 2.47. The third kappa shape index (κ3) is 1.78. The number of imidazole rings is 1. The highest BCUT2D eigenvalue weighted by atomic mass is 32.1. The van der Waals surface area contributed by atoms with Gasteiger partial charge in [0.15, 0.2) is 4.77 Å². The van der Waals surface area contributed by atoms with E-state index in [9.17, 15) is 0 Å². The van der Waals surface area contributed by atoms with Crippen LogP contribution in [0.3, 0.4) is 0 Å². The van der Waals surface area contributed by atoms with Gasteiger partial charge in [0.1, 0.15) is 0 Å². The average molecular weight is 184 g/mol. The topological polar surface area (TPSA) is 20.7 Å². The second kappa shape index (κ2) is 3.90. The Morgan fingerprint density at radius 1 is 1.67 bits per heavy atom. The minimum atomic E-state index is 0.522. The number of aryl methyl sites for hydroxylation is 1. The molecule has 0 amide bonds. The molecule has 3 heteroatoms. The predicted molar refractivity (Wildman–Crippen MR) is 54.0 cm³/mol. The Hall–Kier alpha value is -0.570. The monoisotopic (exact) mass is 184 g/mol. The van der Waals surface area contributed by atoms with Crippen LogP contribution in [0.5, 0.6) is 0 Å². The van der Waals surface area contributed by atoms with Crippen LogP contribution in [0.2, 0.25) is 0 Å². The molecule has 0 saturated heterocycles. The normalized spacial score (nSPS) is 13.2. The maximum Gasteiger partial charge on any atom is 0.177 e. The number of hydrogen-bond donors (Lipinski definition) is 1. The fourth-order valence-corrected chi connectivity index (χ4v) is 1.94. The molecule has 0 aliphatic heterocycles. The van der Waals surface area contributed by atoms with E-state index in [1.165, 1.54) is 18.5 Å². The molecule has 1 aromatic rings. The summed E-state index contributed by atoms with van der Waals surface area (Å²) in [6.45, 7) is 6.49. The Bertz CT molecular complexity index is 298. The number of H-pyrrole nitrogens is 1. The minimum Gasteiger partial charge on any atom is -0.337 e. The lowest BCUT2D eigenvalue weighted by molar-refractivity contribution is 0.487.